The third-order valence-corrected chi connectivity index (χ3v) is 1.26. The molecule has 0 aliphatic carbocycles. The van der Waals surface area contributed by atoms with Gasteiger partial charge in [0.25, 0.3) is 0 Å². The van der Waals surface area contributed by atoms with Gasteiger partial charge in [-0.1, -0.05) is 10.3 Å². The van der Waals surface area contributed by atoms with Gasteiger partial charge in [0.15, 0.2) is 23.0 Å². The van der Waals surface area contributed by atoms with Crippen LogP contribution in [-0.4, -0.2) is 37.2 Å². The molecule has 0 atom stereocenters. The fourth-order valence-corrected chi connectivity index (χ4v) is 0.731. The molecule has 0 heterocycles. The second-order valence-corrected chi connectivity index (χ2v) is 2.36. The molecule has 78 valence electrons. The van der Waals surface area contributed by atoms with Crippen molar-refractivity contribution in [3.63, 3.8) is 0 Å². The highest BCUT2D eigenvalue weighted by Crippen LogP contribution is 1.92. The molecule has 14 heavy (non-hydrogen) atoms. The highest BCUT2D eigenvalue weighted by molar-refractivity contribution is 6.80. The molecule has 0 fully saturated rings. The number of carbonyl (C=O) groups excluding carboxylic acids is 2. The van der Waals surface area contributed by atoms with E-state index in [1.165, 1.54) is 28.1 Å². The highest BCUT2D eigenvalue weighted by Gasteiger charge is 2.20. The molecule has 0 aliphatic heterocycles. The molecule has 0 radical (unpaired) electrons. The van der Waals surface area contributed by atoms with Crippen molar-refractivity contribution in [3.8, 4) is 0 Å². The van der Waals surface area contributed by atoms with Crippen molar-refractivity contribution in [1.29, 1.82) is 0 Å². The van der Waals surface area contributed by atoms with Crippen LogP contribution in [-0.2, 0) is 19.3 Å². The standard InChI is InChI=1S/C8H12N2O4/c1-5(11)7(9-13-3)8(6(2)12)10-14-4/h1-4H3/b9-7-,10-8-. The summed E-state index contributed by atoms with van der Waals surface area (Å²) in [6.45, 7) is 2.51. The van der Waals surface area contributed by atoms with E-state index < -0.39 is 11.6 Å². The van der Waals surface area contributed by atoms with Crippen LogP contribution < -0.4 is 0 Å². The second kappa shape index (κ2) is 5.85. The van der Waals surface area contributed by atoms with E-state index in [0.29, 0.717) is 0 Å². The molecule has 0 aromatic carbocycles. The normalized spacial score (nSPS) is 12.3. The van der Waals surface area contributed by atoms with E-state index in [9.17, 15) is 9.59 Å². The van der Waals surface area contributed by atoms with Gasteiger partial charge in [-0.3, -0.25) is 9.59 Å². The predicted octanol–water partition coefficient (Wildman–Crippen LogP) is 0.169. The average molecular weight is 200 g/mol. The lowest BCUT2D eigenvalue weighted by molar-refractivity contribution is -0.113. The van der Waals surface area contributed by atoms with Gasteiger partial charge in [0, 0.05) is 13.8 Å². The molecule has 6 nitrogen and oxygen atoms in total. The van der Waals surface area contributed by atoms with Crippen LogP contribution in [0.2, 0.25) is 0 Å². The van der Waals surface area contributed by atoms with E-state index in [1.54, 1.807) is 0 Å². The quantitative estimate of drug-likeness (QED) is 0.468. The Hall–Kier alpha value is -1.72. The Kier molecular flexibility index (Phi) is 5.13. The Balaban J connectivity index is 5.15. The van der Waals surface area contributed by atoms with Crippen LogP contribution in [0.3, 0.4) is 0 Å². The zero-order valence-electron chi connectivity index (χ0n) is 8.53. The van der Waals surface area contributed by atoms with E-state index in [0.717, 1.165) is 0 Å². The van der Waals surface area contributed by atoms with Crippen molar-refractivity contribution in [2.24, 2.45) is 10.3 Å². The molecule has 0 saturated carbocycles. The topological polar surface area (TPSA) is 77.3 Å². The van der Waals surface area contributed by atoms with Gasteiger partial charge in [0.05, 0.1) is 0 Å². The molecule has 0 aromatic rings. The van der Waals surface area contributed by atoms with Crippen molar-refractivity contribution in [2.45, 2.75) is 13.8 Å². The summed E-state index contributed by atoms with van der Waals surface area (Å²) in [5, 5.41) is 6.80. The van der Waals surface area contributed by atoms with E-state index in [-0.39, 0.29) is 11.4 Å². The van der Waals surface area contributed by atoms with Crippen molar-refractivity contribution in [2.75, 3.05) is 14.2 Å². The number of ketones is 2. The maximum Gasteiger partial charge on any atom is 0.184 e. The minimum Gasteiger partial charge on any atom is -0.398 e. The van der Waals surface area contributed by atoms with Gasteiger partial charge in [-0.15, -0.1) is 0 Å². The number of Topliss-reactive ketones (excluding diaryl/α,β-unsaturated/α-hetero) is 2. The Labute approximate surface area is 81.5 Å². The zero-order valence-corrected chi connectivity index (χ0v) is 8.53. The maximum atomic E-state index is 11.1. The maximum absolute atomic E-state index is 11.1. The monoisotopic (exact) mass is 200 g/mol. The van der Waals surface area contributed by atoms with Crippen LogP contribution in [0.25, 0.3) is 0 Å². The van der Waals surface area contributed by atoms with Gasteiger partial charge < -0.3 is 9.68 Å². The molecule has 0 N–H and O–H groups in total. The van der Waals surface area contributed by atoms with Crippen LogP contribution >= 0.6 is 0 Å². The van der Waals surface area contributed by atoms with Crippen LogP contribution in [0.1, 0.15) is 13.8 Å². The Morgan fingerprint density at radius 2 is 1.14 bits per heavy atom. The van der Waals surface area contributed by atoms with E-state index in [1.807, 2.05) is 0 Å². The van der Waals surface area contributed by atoms with Crippen LogP contribution in [0.4, 0.5) is 0 Å². The average Bonchev–Trinajstić information content (AvgIpc) is 2.10. The number of nitrogens with zero attached hydrogens (tertiary/aromatic N) is 2. The van der Waals surface area contributed by atoms with Crippen molar-refractivity contribution < 1.29 is 19.3 Å². The number of hydrogen-bond donors (Lipinski definition) is 0. The molecule has 0 rings (SSSR count). The third kappa shape index (κ3) is 3.34. The predicted molar refractivity (Wildman–Crippen MR) is 50.3 cm³/mol. The molecular formula is C8H12N2O4. The lowest BCUT2D eigenvalue weighted by Gasteiger charge is -2.01. The molecule has 0 spiro atoms. The van der Waals surface area contributed by atoms with E-state index in [4.69, 9.17) is 0 Å². The first-order chi connectivity index (χ1) is 6.54. The van der Waals surface area contributed by atoms with E-state index in [2.05, 4.69) is 20.0 Å². The number of oxime groups is 2. The van der Waals surface area contributed by atoms with Gasteiger partial charge >= 0.3 is 0 Å². The molecule has 0 unspecified atom stereocenters. The first-order valence-electron chi connectivity index (χ1n) is 3.79. The molecule has 0 aromatic heterocycles. The first-order valence-corrected chi connectivity index (χ1v) is 3.79. The fraction of sp³-hybridized carbons (Fsp3) is 0.500. The van der Waals surface area contributed by atoms with Gasteiger partial charge in [-0.2, -0.15) is 0 Å². The SMILES string of the molecule is CO/N=C(C(C)=O)\C(=N/OC)C(C)=O. The summed E-state index contributed by atoms with van der Waals surface area (Å²) in [4.78, 5) is 31.0. The van der Waals surface area contributed by atoms with Crippen molar-refractivity contribution in [1.82, 2.24) is 0 Å². The first kappa shape index (κ1) is 12.3. The van der Waals surface area contributed by atoms with Crippen LogP contribution in [0.5, 0.6) is 0 Å². The Morgan fingerprint density at radius 1 is 0.857 bits per heavy atom. The molecule has 0 saturated heterocycles. The van der Waals surface area contributed by atoms with Crippen LogP contribution in [0.15, 0.2) is 10.3 Å². The summed E-state index contributed by atoms with van der Waals surface area (Å²) in [7, 11) is 2.54. The third-order valence-electron chi connectivity index (χ3n) is 1.26. The minimum absolute atomic E-state index is 0.151. The number of carbonyl (C=O) groups is 2. The smallest absolute Gasteiger partial charge is 0.184 e. The summed E-state index contributed by atoms with van der Waals surface area (Å²) in [5.41, 5.74) is -0.302. The lowest BCUT2D eigenvalue weighted by Crippen LogP contribution is -2.28. The zero-order chi connectivity index (χ0) is 11.1. The van der Waals surface area contributed by atoms with Gasteiger partial charge in [0.1, 0.15) is 14.2 Å². The molecule has 0 aliphatic rings. The summed E-state index contributed by atoms with van der Waals surface area (Å²) in [5.74, 6) is -0.837. The summed E-state index contributed by atoms with van der Waals surface area (Å²) < 4.78 is 0. The van der Waals surface area contributed by atoms with Crippen molar-refractivity contribution >= 4 is 23.0 Å². The number of hydrogen-bond acceptors (Lipinski definition) is 6. The minimum atomic E-state index is -0.419. The van der Waals surface area contributed by atoms with Crippen molar-refractivity contribution in [3.05, 3.63) is 0 Å². The number of rotatable bonds is 5. The van der Waals surface area contributed by atoms with Gasteiger partial charge in [0.2, 0.25) is 0 Å². The summed E-state index contributed by atoms with van der Waals surface area (Å²) in [6, 6.07) is 0. The van der Waals surface area contributed by atoms with Crippen LogP contribution in [0, 0.1) is 0 Å². The lowest BCUT2D eigenvalue weighted by atomic mass is 10.1. The Morgan fingerprint density at radius 3 is 1.29 bits per heavy atom. The largest absolute Gasteiger partial charge is 0.398 e. The molecule has 0 bridgehead atoms. The molecular weight excluding hydrogens is 188 g/mol. The van der Waals surface area contributed by atoms with Gasteiger partial charge in [-0.25, -0.2) is 0 Å². The molecule has 0 amide bonds. The summed E-state index contributed by atoms with van der Waals surface area (Å²) in [6.07, 6.45) is 0. The van der Waals surface area contributed by atoms with E-state index >= 15 is 0 Å². The fourth-order valence-electron chi connectivity index (χ4n) is 0.731. The Bertz CT molecular complexity index is 264. The second-order valence-electron chi connectivity index (χ2n) is 2.36. The molecule has 6 heteroatoms. The summed E-state index contributed by atoms with van der Waals surface area (Å²) >= 11 is 0. The van der Waals surface area contributed by atoms with Gasteiger partial charge in [-0.05, 0) is 0 Å². The highest BCUT2D eigenvalue weighted by atomic mass is 16.6.